The fraction of sp³-hybridized carbons (Fsp3) is 0.250. The second kappa shape index (κ2) is 6.88. The van der Waals surface area contributed by atoms with Crippen LogP contribution < -0.4 is 0 Å². The molecule has 0 amide bonds. The van der Waals surface area contributed by atoms with Gasteiger partial charge < -0.3 is 10.2 Å². The topological polar surface area (TPSA) is 43.7 Å². The molecule has 2 rings (SSSR count). The zero-order valence-corrected chi connectivity index (χ0v) is 12.9. The zero-order chi connectivity index (χ0) is 14.5. The minimum atomic E-state index is -0.552. The molecule has 0 saturated carbocycles. The number of hydrogen-bond acceptors (Lipinski definition) is 3. The van der Waals surface area contributed by atoms with Gasteiger partial charge in [-0.3, -0.25) is 4.90 Å². The molecule has 0 aliphatic heterocycles. The van der Waals surface area contributed by atoms with Gasteiger partial charge in [0.25, 0.3) is 0 Å². The van der Waals surface area contributed by atoms with Gasteiger partial charge in [0.1, 0.15) is 5.75 Å². The molecule has 20 heavy (non-hydrogen) atoms. The molecule has 2 aromatic rings. The number of phenolic OH excluding ortho intramolecular Hbond substituents is 1. The van der Waals surface area contributed by atoms with Crippen molar-refractivity contribution < 1.29 is 10.2 Å². The van der Waals surface area contributed by atoms with Gasteiger partial charge in [0, 0.05) is 23.1 Å². The van der Waals surface area contributed by atoms with Crippen molar-refractivity contribution in [2.24, 2.45) is 0 Å². The molecule has 0 aromatic heterocycles. The molecule has 1 atom stereocenters. The van der Waals surface area contributed by atoms with Crippen molar-refractivity contribution in [1.29, 1.82) is 0 Å². The molecule has 0 spiro atoms. The van der Waals surface area contributed by atoms with Gasteiger partial charge in [0.2, 0.25) is 0 Å². The van der Waals surface area contributed by atoms with Gasteiger partial charge in [0.05, 0.1) is 6.10 Å². The van der Waals surface area contributed by atoms with Crippen molar-refractivity contribution in [3.8, 4) is 5.75 Å². The van der Waals surface area contributed by atoms with Crippen LogP contribution >= 0.6 is 15.9 Å². The lowest BCUT2D eigenvalue weighted by atomic mass is 10.1. The van der Waals surface area contributed by atoms with Crippen molar-refractivity contribution in [3.63, 3.8) is 0 Å². The van der Waals surface area contributed by atoms with Crippen LogP contribution in [0, 0.1) is 0 Å². The maximum atomic E-state index is 10.2. The third kappa shape index (κ3) is 4.07. The Bertz CT molecular complexity index is 574. The van der Waals surface area contributed by atoms with Gasteiger partial charge in [-0.2, -0.15) is 0 Å². The maximum Gasteiger partial charge on any atom is 0.120 e. The van der Waals surface area contributed by atoms with E-state index in [9.17, 15) is 10.2 Å². The summed E-state index contributed by atoms with van der Waals surface area (Å²) in [5, 5.41) is 20.0. The van der Waals surface area contributed by atoms with Gasteiger partial charge in [0.15, 0.2) is 0 Å². The summed E-state index contributed by atoms with van der Waals surface area (Å²) in [4.78, 5) is 1.99. The van der Waals surface area contributed by atoms with Crippen LogP contribution in [0.4, 0.5) is 0 Å². The van der Waals surface area contributed by atoms with E-state index in [0.29, 0.717) is 13.1 Å². The molecule has 2 aromatic carbocycles. The SMILES string of the molecule is CN(Cc1ccccc1O)CC(O)c1cccc(Br)c1. The van der Waals surface area contributed by atoms with Crippen LogP contribution in [-0.4, -0.2) is 28.7 Å². The Morgan fingerprint density at radius 1 is 1.15 bits per heavy atom. The molecule has 0 bridgehead atoms. The van der Waals surface area contributed by atoms with Crippen molar-refractivity contribution in [3.05, 3.63) is 64.1 Å². The Morgan fingerprint density at radius 3 is 2.60 bits per heavy atom. The minimum Gasteiger partial charge on any atom is -0.508 e. The average Bonchev–Trinajstić information content (AvgIpc) is 2.41. The molecule has 0 heterocycles. The van der Waals surface area contributed by atoms with Gasteiger partial charge in [-0.15, -0.1) is 0 Å². The monoisotopic (exact) mass is 335 g/mol. The Hall–Kier alpha value is -1.36. The van der Waals surface area contributed by atoms with E-state index in [1.54, 1.807) is 12.1 Å². The second-order valence-corrected chi connectivity index (χ2v) is 5.81. The van der Waals surface area contributed by atoms with Crippen LogP contribution in [0.3, 0.4) is 0 Å². The summed E-state index contributed by atoms with van der Waals surface area (Å²) in [6, 6.07) is 14.9. The van der Waals surface area contributed by atoms with Crippen LogP contribution in [0.2, 0.25) is 0 Å². The molecule has 106 valence electrons. The number of para-hydroxylation sites is 1. The first-order chi connectivity index (χ1) is 9.56. The number of phenols is 1. The van der Waals surface area contributed by atoms with E-state index in [1.165, 1.54) is 0 Å². The third-order valence-electron chi connectivity index (χ3n) is 3.15. The number of benzene rings is 2. The maximum absolute atomic E-state index is 10.2. The molecule has 0 saturated heterocycles. The zero-order valence-electron chi connectivity index (χ0n) is 11.3. The number of aromatic hydroxyl groups is 1. The van der Waals surface area contributed by atoms with Gasteiger partial charge in [-0.05, 0) is 30.8 Å². The number of aliphatic hydroxyl groups is 1. The predicted octanol–water partition coefficient (Wildman–Crippen LogP) is 3.32. The molecular formula is C16H18BrNO2. The first-order valence-corrected chi connectivity index (χ1v) is 7.24. The van der Waals surface area contributed by atoms with Gasteiger partial charge in [-0.25, -0.2) is 0 Å². The van der Waals surface area contributed by atoms with E-state index in [2.05, 4.69) is 15.9 Å². The molecule has 0 radical (unpaired) electrons. The Labute approximate surface area is 127 Å². The Morgan fingerprint density at radius 2 is 1.90 bits per heavy atom. The molecule has 0 fully saturated rings. The number of likely N-dealkylation sites (N-methyl/N-ethyl adjacent to an activating group) is 1. The summed E-state index contributed by atoms with van der Waals surface area (Å²) < 4.78 is 0.956. The largest absolute Gasteiger partial charge is 0.508 e. The van der Waals surface area contributed by atoms with Gasteiger partial charge in [-0.1, -0.05) is 46.3 Å². The van der Waals surface area contributed by atoms with E-state index in [-0.39, 0.29) is 5.75 Å². The fourth-order valence-corrected chi connectivity index (χ4v) is 2.53. The number of rotatable bonds is 5. The number of aliphatic hydroxyl groups excluding tert-OH is 1. The number of nitrogens with zero attached hydrogens (tertiary/aromatic N) is 1. The van der Waals surface area contributed by atoms with Crippen LogP contribution in [0.15, 0.2) is 53.0 Å². The van der Waals surface area contributed by atoms with Gasteiger partial charge >= 0.3 is 0 Å². The molecular weight excluding hydrogens is 318 g/mol. The number of halogens is 1. The highest BCUT2D eigenvalue weighted by Crippen LogP contribution is 2.21. The summed E-state index contributed by atoms with van der Waals surface area (Å²) in [6.45, 7) is 1.10. The molecule has 3 nitrogen and oxygen atoms in total. The molecule has 0 aliphatic carbocycles. The van der Waals surface area contributed by atoms with Crippen molar-refractivity contribution >= 4 is 15.9 Å². The summed E-state index contributed by atoms with van der Waals surface area (Å²) in [5.74, 6) is 0.288. The average molecular weight is 336 g/mol. The number of hydrogen-bond donors (Lipinski definition) is 2. The lowest BCUT2D eigenvalue weighted by Gasteiger charge is -2.21. The molecule has 2 N–H and O–H groups in total. The summed E-state index contributed by atoms with van der Waals surface area (Å²) in [7, 11) is 1.92. The lowest BCUT2D eigenvalue weighted by molar-refractivity contribution is 0.123. The Balaban J connectivity index is 1.98. The first-order valence-electron chi connectivity index (χ1n) is 6.45. The highest BCUT2D eigenvalue weighted by molar-refractivity contribution is 9.10. The lowest BCUT2D eigenvalue weighted by Crippen LogP contribution is -2.24. The van der Waals surface area contributed by atoms with Crippen molar-refractivity contribution in [2.75, 3.05) is 13.6 Å². The highest BCUT2D eigenvalue weighted by Gasteiger charge is 2.12. The summed E-state index contributed by atoms with van der Waals surface area (Å²) >= 11 is 3.40. The van der Waals surface area contributed by atoms with E-state index in [4.69, 9.17) is 0 Å². The quantitative estimate of drug-likeness (QED) is 0.880. The summed E-state index contributed by atoms with van der Waals surface area (Å²) in [5.41, 5.74) is 1.74. The van der Waals surface area contributed by atoms with E-state index < -0.39 is 6.10 Å². The van der Waals surface area contributed by atoms with Crippen LogP contribution in [0.5, 0.6) is 5.75 Å². The molecule has 0 aliphatic rings. The highest BCUT2D eigenvalue weighted by atomic mass is 79.9. The second-order valence-electron chi connectivity index (χ2n) is 4.90. The third-order valence-corrected chi connectivity index (χ3v) is 3.64. The van der Waals surface area contributed by atoms with E-state index >= 15 is 0 Å². The minimum absolute atomic E-state index is 0.288. The van der Waals surface area contributed by atoms with E-state index in [1.807, 2.05) is 48.3 Å². The predicted molar refractivity (Wildman–Crippen MR) is 83.5 cm³/mol. The summed E-state index contributed by atoms with van der Waals surface area (Å²) in [6.07, 6.45) is -0.552. The smallest absolute Gasteiger partial charge is 0.120 e. The molecule has 1 unspecified atom stereocenters. The Kier molecular flexibility index (Phi) is 5.17. The standard InChI is InChI=1S/C16H18BrNO2/c1-18(10-13-5-2-3-8-15(13)19)11-16(20)12-6-4-7-14(17)9-12/h2-9,16,19-20H,10-11H2,1H3. The molecule has 4 heteroatoms. The van der Waals surface area contributed by atoms with Crippen LogP contribution in [-0.2, 0) is 6.54 Å². The fourth-order valence-electron chi connectivity index (χ4n) is 2.11. The van der Waals surface area contributed by atoms with E-state index in [0.717, 1.165) is 15.6 Å². The normalized spacial score (nSPS) is 12.6. The van der Waals surface area contributed by atoms with Crippen molar-refractivity contribution in [1.82, 2.24) is 4.90 Å². The first kappa shape index (κ1) is 15.0. The van der Waals surface area contributed by atoms with Crippen molar-refractivity contribution in [2.45, 2.75) is 12.6 Å². The van der Waals surface area contributed by atoms with Crippen LogP contribution in [0.25, 0.3) is 0 Å². The van der Waals surface area contributed by atoms with Crippen LogP contribution in [0.1, 0.15) is 17.2 Å².